The molecule has 1 heterocycles. The molecule has 0 aromatic carbocycles. The van der Waals surface area contributed by atoms with Crippen LogP contribution < -0.4 is 0 Å². The van der Waals surface area contributed by atoms with Crippen LogP contribution in [-0.2, 0) is 0 Å². The second-order valence-corrected chi connectivity index (χ2v) is 3.06. The van der Waals surface area contributed by atoms with Gasteiger partial charge in [0, 0.05) is 11.5 Å². The molecule has 1 aromatic heterocycles. The van der Waals surface area contributed by atoms with E-state index in [0.717, 1.165) is 24.8 Å². The SMILES string of the molecule is OC1CCCC1c1cnoc1. The molecule has 1 fully saturated rings. The monoisotopic (exact) mass is 153 g/mol. The maximum Gasteiger partial charge on any atom is 0.127 e. The van der Waals surface area contributed by atoms with Gasteiger partial charge in [-0.25, -0.2) is 0 Å². The molecular weight excluding hydrogens is 142 g/mol. The van der Waals surface area contributed by atoms with Crippen molar-refractivity contribution in [3.05, 3.63) is 18.0 Å². The minimum absolute atomic E-state index is 0.186. The van der Waals surface area contributed by atoms with Crippen molar-refractivity contribution in [3.8, 4) is 0 Å². The summed E-state index contributed by atoms with van der Waals surface area (Å²) in [5, 5.41) is 13.1. The molecule has 0 aliphatic heterocycles. The second kappa shape index (κ2) is 2.66. The van der Waals surface area contributed by atoms with Crippen LogP contribution in [0.1, 0.15) is 30.7 Å². The standard InChI is InChI=1S/C8H11NO2/c10-8-3-1-2-7(8)6-4-9-11-5-6/h4-5,7-8,10H,1-3H2. The van der Waals surface area contributed by atoms with Crippen LogP contribution in [0.3, 0.4) is 0 Å². The summed E-state index contributed by atoms with van der Waals surface area (Å²) in [5.41, 5.74) is 1.04. The van der Waals surface area contributed by atoms with Gasteiger partial charge in [-0.15, -0.1) is 0 Å². The van der Waals surface area contributed by atoms with Crippen LogP contribution in [0.25, 0.3) is 0 Å². The fourth-order valence-corrected chi connectivity index (χ4v) is 1.73. The summed E-state index contributed by atoms with van der Waals surface area (Å²) in [5.74, 6) is 0.265. The highest BCUT2D eigenvalue weighted by atomic mass is 16.5. The molecule has 60 valence electrons. The molecule has 0 spiro atoms. The van der Waals surface area contributed by atoms with Gasteiger partial charge < -0.3 is 9.63 Å². The maximum atomic E-state index is 9.49. The first-order valence-corrected chi connectivity index (χ1v) is 3.95. The predicted molar refractivity (Wildman–Crippen MR) is 39.1 cm³/mol. The van der Waals surface area contributed by atoms with E-state index >= 15 is 0 Å². The molecule has 0 amide bonds. The summed E-state index contributed by atoms with van der Waals surface area (Å²) < 4.78 is 4.71. The van der Waals surface area contributed by atoms with Crippen molar-refractivity contribution in [2.24, 2.45) is 0 Å². The first-order valence-electron chi connectivity index (χ1n) is 3.95. The molecule has 1 aliphatic rings. The lowest BCUT2D eigenvalue weighted by Gasteiger charge is -2.09. The Morgan fingerprint density at radius 1 is 1.55 bits per heavy atom. The molecule has 1 aromatic rings. The van der Waals surface area contributed by atoms with Crippen LogP contribution in [0.5, 0.6) is 0 Å². The van der Waals surface area contributed by atoms with Crippen molar-refractivity contribution in [2.75, 3.05) is 0 Å². The summed E-state index contributed by atoms with van der Waals surface area (Å²) in [4.78, 5) is 0. The number of nitrogens with zero attached hydrogens (tertiary/aromatic N) is 1. The van der Waals surface area contributed by atoms with Crippen LogP contribution in [-0.4, -0.2) is 16.4 Å². The number of hydrogen-bond acceptors (Lipinski definition) is 3. The second-order valence-electron chi connectivity index (χ2n) is 3.06. The van der Waals surface area contributed by atoms with E-state index in [9.17, 15) is 5.11 Å². The average Bonchev–Trinajstić information content (AvgIpc) is 2.55. The summed E-state index contributed by atoms with van der Waals surface area (Å²) in [7, 11) is 0. The van der Waals surface area contributed by atoms with Crippen LogP contribution >= 0.6 is 0 Å². The van der Waals surface area contributed by atoms with Gasteiger partial charge in [-0.3, -0.25) is 0 Å². The molecule has 11 heavy (non-hydrogen) atoms. The molecule has 3 heteroatoms. The third-order valence-electron chi connectivity index (χ3n) is 2.36. The highest BCUT2D eigenvalue weighted by Crippen LogP contribution is 2.33. The van der Waals surface area contributed by atoms with E-state index in [4.69, 9.17) is 4.52 Å². The molecule has 2 unspecified atom stereocenters. The van der Waals surface area contributed by atoms with Crippen LogP contribution in [0.4, 0.5) is 0 Å². The largest absolute Gasteiger partial charge is 0.392 e. The molecule has 1 saturated carbocycles. The first kappa shape index (κ1) is 6.85. The van der Waals surface area contributed by atoms with E-state index in [2.05, 4.69) is 5.16 Å². The Balaban J connectivity index is 2.16. The van der Waals surface area contributed by atoms with Gasteiger partial charge in [0.25, 0.3) is 0 Å². The predicted octanol–water partition coefficient (Wildman–Crippen LogP) is 1.30. The highest BCUT2D eigenvalue weighted by Gasteiger charge is 2.27. The summed E-state index contributed by atoms with van der Waals surface area (Å²) in [6, 6.07) is 0. The lowest BCUT2D eigenvalue weighted by Crippen LogP contribution is -2.09. The van der Waals surface area contributed by atoms with Gasteiger partial charge in [0.05, 0.1) is 12.3 Å². The van der Waals surface area contributed by atoms with Crippen molar-refractivity contribution >= 4 is 0 Å². The van der Waals surface area contributed by atoms with Crippen molar-refractivity contribution in [1.82, 2.24) is 5.16 Å². The Hall–Kier alpha value is -0.830. The van der Waals surface area contributed by atoms with Gasteiger partial charge >= 0.3 is 0 Å². The highest BCUT2D eigenvalue weighted by molar-refractivity contribution is 5.12. The molecule has 2 rings (SSSR count). The van der Waals surface area contributed by atoms with Gasteiger partial charge in [0.2, 0.25) is 0 Å². The van der Waals surface area contributed by atoms with Crippen LogP contribution in [0.15, 0.2) is 17.0 Å². The van der Waals surface area contributed by atoms with Crippen LogP contribution in [0, 0.1) is 0 Å². The molecule has 0 radical (unpaired) electrons. The Morgan fingerprint density at radius 2 is 2.45 bits per heavy atom. The van der Waals surface area contributed by atoms with E-state index in [-0.39, 0.29) is 12.0 Å². The van der Waals surface area contributed by atoms with Gasteiger partial charge in [-0.2, -0.15) is 0 Å². The minimum atomic E-state index is -0.186. The fourth-order valence-electron chi connectivity index (χ4n) is 1.73. The smallest absolute Gasteiger partial charge is 0.127 e. The molecule has 0 bridgehead atoms. The Morgan fingerprint density at radius 3 is 3.00 bits per heavy atom. The van der Waals surface area contributed by atoms with Crippen LogP contribution in [0.2, 0.25) is 0 Å². The lowest BCUT2D eigenvalue weighted by atomic mass is 10.00. The third-order valence-corrected chi connectivity index (χ3v) is 2.36. The third kappa shape index (κ3) is 1.16. The minimum Gasteiger partial charge on any atom is -0.392 e. The van der Waals surface area contributed by atoms with E-state index in [1.54, 1.807) is 12.5 Å². The van der Waals surface area contributed by atoms with Crippen molar-refractivity contribution < 1.29 is 9.63 Å². The molecule has 1 N–H and O–H groups in total. The first-order chi connectivity index (χ1) is 5.38. The van der Waals surface area contributed by atoms with E-state index in [1.165, 1.54) is 0 Å². The number of rotatable bonds is 1. The average molecular weight is 153 g/mol. The number of hydrogen-bond donors (Lipinski definition) is 1. The van der Waals surface area contributed by atoms with E-state index < -0.39 is 0 Å². The van der Waals surface area contributed by atoms with Gasteiger partial charge in [-0.05, 0) is 12.8 Å². The van der Waals surface area contributed by atoms with Crippen molar-refractivity contribution in [1.29, 1.82) is 0 Å². The maximum absolute atomic E-state index is 9.49. The number of aliphatic hydroxyl groups is 1. The lowest BCUT2D eigenvalue weighted by molar-refractivity contribution is 0.163. The normalized spacial score (nSPS) is 31.0. The zero-order valence-corrected chi connectivity index (χ0v) is 6.23. The van der Waals surface area contributed by atoms with Gasteiger partial charge in [-0.1, -0.05) is 11.6 Å². The van der Waals surface area contributed by atoms with E-state index in [1.807, 2.05) is 0 Å². The summed E-state index contributed by atoms with van der Waals surface area (Å²) >= 11 is 0. The summed E-state index contributed by atoms with van der Waals surface area (Å²) in [6.07, 6.45) is 6.21. The molecule has 0 saturated heterocycles. The summed E-state index contributed by atoms with van der Waals surface area (Å²) in [6.45, 7) is 0. The number of aromatic nitrogens is 1. The Bertz CT molecular complexity index is 220. The molecule has 3 nitrogen and oxygen atoms in total. The number of aliphatic hydroxyl groups excluding tert-OH is 1. The zero-order chi connectivity index (χ0) is 7.68. The fraction of sp³-hybridized carbons (Fsp3) is 0.625. The topological polar surface area (TPSA) is 46.3 Å². The quantitative estimate of drug-likeness (QED) is 0.661. The van der Waals surface area contributed by atoms with Crippen molar-refractivity contribution in [3.63, 3.8) is 0 Å². The zero-order valence-electron chi connectivity index (χ0n) is 6.23. The van der Waals surface area contributed by atoms with Gasteiger partial charge in [0.1, 0.15) is 6.26 Å². The Labute approximate surface area is 65.0 Å². The molecule has 2 atom stereocenters. The van der Waals surface area contributed by atoms with E-state index in [0.29, 0.717) is 0 Å². The Kier molecular flexibility index (Phi) is 1.66. The van der Waals surface area contributed by atoms with Gasteiger partial charge in [0.15, 0.2) is 0 Å². The molecular formula is C8H11NO2. The molecule has 1 aliphatic carbocycles. The van der Waals surface area contributed by atoms with Crippen molar-refractivity contribution in [2.45, 2.75) is 31.3 Å².